The first-order valence-electron chi connectivity index (χ1n) is 5.20. The fourth-order valence-corrected chi connectivity index (χ4v) is 1.37. The summed E-state index contributed by atoms with van der Waals surface area (Å²) < 4.78 is 10.4. The molecular weight excluding hydrogens is 190 g/mol. The van der Waals surface area contributed by atoms with E-state index in [1.807, 2.05) is 12.1 Å². The molecule has 15 heavy (non-hydrogen) atoms. The van der Waals surface area contributed by atoms with Crippen LogP contribution in [0.2, 0.25) is 0 Å². The third-order valence-corrected chi connectivity index (χ3v) is 2.11. The van der Waals surface area contributed by atoms with Gasteiger partial charge in [-0.3, -0.25) is 0 Å². The van der Waals surface area contributed by atoms with Crippen LogP contribution >= 0.6 is 0 Å². The van der Waals surface area contributed by atoms with Crippen molar-refractivity contribution in [2.75, 3.05) is 20.4 Å². The molecule has 0 bridgehead atoms. The maximum atomic E-state index is 5.48. The molecule has 3 heteroatoms. The summed E-state index contributed by atoms with van der Waals surface area (Å²) in [5, 5.41) is 3.29. The van der Waals surface area contributed by atoms with Crippen molar-refractivity contribution < 1.29 is 9.47 Å². The van der Waals surface area contributed by atoms with Crippen LogP contribution in [0.1, 0.15) is 18.1 Å². The molecule has 0 heterocycles. The second kappa shape index (κ2) is 6.43. The van der Waals surface area contributed by atoms with Gasteiger partial charge in [-0.2, -0.15) is 0 Å². The van der Waals surface area contributed by atoms with E-state index in [1.54, 1.807) is 7.11 Å². The van der Waals surface area contributed by atoms with Gasteiger partial charge in [0.2, 0.25) is 0 Å². The minimum absolute atomic E-state index is 0.294. The molecule has 3 nitrogen and oxygen atoms in total. The summed E-state index contributed by atoms with van der Waals surface area (Å²) in [6.07, 6.45) is 0. The third-order valence-electron chi connectivity index (χ3n) is 2.11. The first kappa shape index (κ1) is 12.0. The number of nitrogens with one attached hydrogen (secondary N) is 1. The lowest BCUT2D eigenvalue weighted by atomic mass is 10.1. The number of methoxy groups -OCH3 is 1. The minimum atomic E-state index is 0.294. The molecule has 0 aliphatic carbocycles. The number of hydrogen-bond donors (Lipinski definition) is 1. The van der Waals surface area contributed by atoms with Gasteiger partial charge < -0.3 is 14.8 Å². The monoisotopic (exact) mass is 209 g/mol. The molecule has 0 aromatic heterocycles. The van der Waals surface area contributed by atoms with Crippen LogP contribution in [0, 0.1) is 6.92 Å². The summed E-state index contributed by atoms with van der Waals surface area (Å²) in [5.41, 5.74) is 2.42. The van der Waals surface area contributed by atoms with E-state index in [4.69, 9.17) is 9.47 Å². The molecule has 0 radical (unpaired) electrons. The fourth-order valence-electron chi connectivity index (χ4n) is 1.37. The SMILES string of the molecule is CCNCc1cc(C)ccc1OCOC. The Hall–Kier alpha value is -1.06. The van der Waals surface area contributed by atoms with Crippen molar-refractivity contribution in [2.24, 2.45) is 0 Å². The summed E-state index contributed by atoms with van der Waals surface area (Å²) in [6.45, 7) is 6.25. The summed E-state index contributed by atoms with van der Waals surface area (Å²) >= 11 is 0. The van der Waals surface area contributed by atoms with Gasteiger partial charge in [0.25, 0.3) is 0 Å². The Morgan fingerprint density at radius 1 is 1.33 bits per heavy atom. The van der Waals surface area contributed by atoms with E-state index in [0.717, 1.165) is 18.8 Å². The Morgan fingerprint density at radius 3 is 2.80 bits per heavy atom. The second-order valence-corrected chi connectivity index (χ2v) is 3.44. The lowest BCUT2D eigenvalue weighted by Gasteiger charge is -2.11. The van der Waals surface area contributed by atoms with Crippen LogP contribution in [-0.4, -0.2) is 20.4 Å². The zero-order chi connectivity index (χ0) is 11.1. The standard InChI is InChI=1S/C12H19NO2/c1-4-13-8-11-7-10(2)5-6-12(11)15-9-14-3/h5-7,13H,4,8-9H2,1-3H3. The molecule has 0 spiro atoms. The average molecular weight is 209 g/mol. The molecule has 0 unspecified atom stereocenters. The molecule has 84 valence electrons. The number of hydrogen-bond acceptors (Lipinski definition) is 3. The molecule has 0 aliphatic rings. The highest BCUT2D eigenvalue weighted by molar-refractivity contribution is 5.36. The molecule has 0 saturated carbocycles. The zero-order valence-electron chi connectivity index (χ0n) is 9.67. The van der Waals surface area contributed by atoms with Gasteiger partial charge in [0.05, 0.1) is 0 Å². The highest BCUT2D eigenvalue weighted by atomic mass is 16.7. The normalized spacial score (nSPS) is 10.3. The highest BCUT2D eigenvalue weighted by Gasteiger charge is 2.03. The van der Waals surface area contributed by atoms with Gasteiger partial charge in [-0.1, -0.05) is 24.6 Å². The predicted molar refractivity (Wildman–Crippen MR) is 61.1 cm³/mol. The number of aryl methyl sites for hydroxylation is 1. The number of rotatable bonds is 6. The van der Waals surface area contributed by atoms with Crippen molar-refractivity contribution in [3.8, 4) is 5.75 Å². The molecule has 0 atom stereocenters. The molecular formula is C12H19NO2. The number of ether oxygens (including phenoxy) is 2. The molecule has 1 aromatic carbocycles. The van der Waals surface area contributed by atoms with Crippen molar-refractivity contribution in [1.82, 2.24) is 5.32 Å². The summed E-state index contributed by atoms with van der Waals surface area (Å²) in [5.74, 6) is 0.892. The van der Waals surface area contributed by atoms with Crippen molar-refractivity contribution >= 4 is 0 Å². The number of benzene rings is 1. The maximum absolute atomic E-state index is 5.48. The molecule has 0 aliphatic heterocycles. The molecule has 0 fully saturated rings. The van der Waals surface area contributed by atoms with Gasteiger partial charge in [0.15, 0.2) is 6.79 Å². The van der Waals surface area contributed by atoms with Crippen molar-refractivity contribution in [3.05, 3.63) is 29.3 Å². The van der Waals surface area contributed by atoms with Gasteiger partial charge in [0, 0.05) is 19.2 Å². The quantitative estimate of drug-likeness (QED) is 0.728. The summed E-state index contributed by atoms with van der Waals surface area (Å²) in [7, 11) is 1.62. The Balaban J connectivity index is 2.73. The average Bonchev–Trinajstić information content (AvgIpc) is 2.25. The van der Waals surface area contributed by atoms with E-state index in [2.05, 4.69) is 25.2 Å². The van der Waals surface area contributed by atoms with Crippen LogP contribution in [0.3, 0.4) is 0 Å². The van der Waals surface area contributed by atoms with Gasteiger partial charge in [-0.15, -0.1) is 0 Å². The summed E-state index contributed by atoms with van der Waals surface area (Å²) in [6, 6.07) is 6.16. The van der Waals surface area contributed by atoms with Gasteiger partial charge in [0.1, 0.15) is 5.75 Å². The minimum Gasteiger partial charge on any atom is -0.467 e. The summed E-state index contributed by atoms with van der Waals surface area (Å²) in [4.78, 5) is 0. The van der Waals surface area contributed by atoms with E-state index >= 15 is 0 Å². The Bertz CT molecular complexity index is 300. The zero-order valence-corrected chi connectivity index (χ0v) is 9.67. The lowest BCUT2D eigenvalue weighted by Crippen LogP contribution is -2.13. The third kappa shape index (κ3) is 3.90. The van der Waals surface area contributed by atoms with Gasteiger partial charge in [-0.25, -0.2) is 0 Å². The van der Waals surface area contributed by atoms with Crippen LogP contribution in [0.25, 0.3) is 0 Å². The van der Waals surface area contributed by atoms with E-state index in [9.17, 15) is 0 Å². The van der Waals surface area contributed by atoms with E-state index in [1.165, 1.54) is 11.1 Å². The van der Waals surface area contributed by atoms with Gasteiger partial charge in [-0.05, 0) is 19.5 Å². The predicted octanol–water partition coefficient (Wildman–Crippen LogP) is 2.09. The Morgan fingerprint density at radius 2 is 2.13 bits per heavy atom. The molecule has 0 amide bonds. The van der Waals surface area contributed by atoms with Crippen molar-refractivity contribution in [3.63, 3.8) is 0 Å². The topological polar surface area (TPSA) is 30.5 Å². The lowest BCUT2D eigenvalue weighted by molar-refractivity contribution is 0.0503. The van der Waals surface area contributed by atoms with Crippen LogP contribution < -0.4 is 10.1 Å². The molecule has 0 saturated heterocycles. The first-order chi connectivity index (χ1) is 7.27. The maximum Gasteiger partial charge on any atom is 0.188 e. The Labute approximate surface area is 91.4 Å². The van der Waals surface area contributed by atoms with E-state index in [-0.39, 0.29) is 0 Å². The van der Waals surface area contributed by atoms with E-state index in [0.29, 0.717) is 6.79 Å². The Kier molecular flexibility index (Phi) is 5.15. The largest absolute Gasteiger partial charge is 0.467 e. The first-order valence-corrected chi connectivity index (χ1v) is 5.20. The smallest absolute Gasteiger partial charge is 0.188 e. The van der Waals surface area contributed by atoms with Crippen LogP contribution in [0.5, 0.6) is 5.75 Å². The highest BCUT2D eigenvalue weighted by Crippen LogP contribution is 2.19. The second-order valence-electron chi connectivity index (χ2n) is 3.44. The molecule has 1 rings (SSSR count). The van der Waals surface area contributed by atoms with Crippen molar-refractivity contribution in [1.29, 1.82) is 0 Å². The fraction of sp³-hybridized carbons (Fsp3) is 0.500. The van der Waals surface area contributed by atoms with Gasteiger partial charge >= 0.3 is 0 Å². The molecule has 1 aromatic rings. The van der Waals surface area contributed by atoms with Crippen LogP contribution in [0.15, 0.2) is 18.2 Å². The molecule has 1 N–H and O–H groups in total. The van der Waals surface area contributed by atoms with Crippen LogP contribution in [0.4, 0.5) is 0 Å². The van der Waals surface area contributed by atoms with Crippen molar-refractivity contribution in [2.45, 2.75) is 20.4 Å². The van der Waals surface area contributed by atoms with Crippen LogP contribution in [-0.2, 0) is 11.3 Å². The van der Waals surface area contributed by atoms with E-state index < -0.39 is 0 Å².